The predicted octanol–water partition coefficient (Wildman–Crippen LogP) is 1.04. The molecule has 0 fully saturated rings. The van der Waals surface area contributed by atoms with E-state index in [4.69, 9.17) is 9.84 Å². The Kier molecular flexibility index (Phi) is 4.72. The number of carbonyl (C=O) groups is 1. The molecule has 16 heavy (non-hydrogen) atoms. The number of nitrogens with zero attached hydrogens (tertiary/aromatic N) is 1. The number of pyridine rings is 1. The fraction of sp³-hybridized carbons (Fsp3) is 0.455. The van der Waals surface area contributed by atoms with Crippen molar-refractivity contribution in [2.45, 2.75) is 26.0 Å². The average Bonchev–Trinajstić information content (AvgIpc) is 2.28. The Morgan fingerprint density at radius 3 is 2.81 bits per heavy atom. The van der Waals surface area contributed by atoms with Crippen LogP contribution in [0.3, 0.4) is 0 Å². The van der Waals surface area contributed by atoms with Crippen molar-refractivity contribution in [2.24, 2.45) is 0 Å². The highest BCUT2D eigenvalue weighted by atomic mass is 16.5. The molecule has 1 aromatic heterocycles. The van der Waals surface area contributed by atoms with Gasteiger partial charge in [-0.05, 0) is 25.6 Å². The molecule has 1 atom stereocenters. The number of rotatable bonds is 6. The lowest BCUT2D eigenvalue weighted by Crippen LogP contribution is -2.26. The van der Waals surface area contributed by atoms with Gasteiger partial charge in [0.25, 0.3) is 0 Å². The summed E-state index contributed by atoms with van der Waals surface area (Å²) in [4.78, 5) is 14.9. The van der Waals surface area contributed by atoms with Gasteiger partial charge in [-0.25, -0.2) is 4.79 Å². The third-order valence-electron chi connectivity index (χ3n) is 2.08. The highest BCUT2D eigenvalue weighted by molar-refractivity contribution is 5.72. The van der Waals surface area contributed by atoms with Crippen LogP contribution in [0.25, 0.3) is 0 Å². The van der Waals surface area contributed by atoms with E-state index in [2.05, 4.69) is 10.3 Å². The number of nitrogens with one attached hydrogen (secondary N) is 1. The Morgan fingerprint density at radius 2 is 2.38 bits per heavy atom. The van der Waals surface area contributed by atoms with Crippen LogP contribution < -0.4 is 10.1 Å². The molecule has 1 rings (SSSR count). The second-order valence-corrected chi connectivity index (χ2v) is 3.37. The van der Waals surface area contributed by atoms with Crippen molar-refractivity contribution in [1.82, 2.24) is 10.3 Å². The van der Waals surface area contributed by atoms with Gasteiger partial charge in [-0.2, -0.15) is 0 Å². The molecule has 5 heteroatoms. The number of aliphatic carboxylic acids is 1. The molecule has 0 bridgehead atoms. The van der Waals surface area contributed by atoms with Gasteiger partial charge in [0, 0.05) is 6.54 Å². The van der Waals surface area contributed by atoms with Crippen LogP contribution in [0.1, 0.15) is 19.0 Å². The van der Waals surface area contributed by atoms with Crippen LogP contribution in [0.2, 0.25) is 0 Å². The zero-order chi connectivity index (χ0) is 12.0. The summed E-state index contributed by atoms with van der Waals surface area (Å²) in [6.07, 6.45) is 1.16. The molecule has 1 unspecified atom stereocenters. The highest BCUT2D eigenvalue weighted by Crippen LogP contribution is 2.12. The summed E-state index contributed by atoms with van der Waals surface area (Å²) < 4.78 is 5.28. The first-order valence-corrected chi connectivity index (χ1v) is 5.16. The number of aromatic nitrogens is 1. The zero-order valence-corrected chi connectivity index (χ0v) is 9.43. The van der Waals surface area contributed by atoms with Gasteiger partial charge in [-0.15, -0.1) is 0 Å². The summed E-state index contributed by atoms with van der Waals surface area (Å²) in [5, 5.41) is 11.8. The first-order valence-electron chi connectivity index (χ1n) is 5.16. The number of ether oxygens (including phenoxy) is 1. The zero-order valence-electron chi connectivity index (χ0n) is 9.43. The molecule has 0 aliphatic carbocycles. The van der Waals surface area contributed by atoms with Gasteiger partial charge in [0.1, 0.15) is 5.75 Å². The molecule has 0 aliphatic rings. The number of carboxylic acid groups (broad SMARTS) is 1. The fourth-order valence-electron chi connectivity index (χ4n) is 1.24. The fourth-order valence-corrected chi connectivity index (χ4v) is 1.24. The Labute approximate surface area is 94.5 Å². The van der Waals surface area contributed by atoms with Crippen molar-refractivity contribution in [1.29, 1.82) is 0 Å². The molecule has 0 radical (unpaired) electrons. The number of carboxylic acids is 1. The standard InChI is InChI=1S/C11H16N2O3/c1-3-10(11(14)15)16-9-5-4-8(6-12-2)13-7-9/h4-5,7,10,12H,3,6H2,1-2H3,(H,14,15). The van der Waals surface area contributed by atoms with Gasteiger partial charge in [0.2, 0.25) is 0 Å². The van der Waals surface area contributed by atoms with Crippen LogP contribution in [-0.2, 0) is 11.3 Å². The normalized spacial score (nSPS) is 12.1. The predicted molar refractivity (Wildman–Crippen MR) is 59.3 cm³/mol. The largest absolute Gasteiger partial charge is 0.479 e. The van der Waals surface area contributed by atoms with Gasteiger partial charge in [-0.3, -0.25) is 4.98 Å². The van der Waals surface area contributed by atoms with Crippen LogP contribution in [0, 0.1) is 0 Å². The Morgan fingerprint density at radius 1 is 1.62 bits per heavy atom. The van der Waals surface area contributed by atoms with Crippen molar-refractivity contribution in [2.75, 3.05) is 7.05 Å². The third-order valence-corrected chi connectivity index (χ3v) is 2.08. The maximum absolute atomic E-state index is 10.7. The van der Waals surface area contributed by atoms with Crippen LogP contribution in [0.4, 0.5) is 0 Å². The Balaban J connectivity index is 2.63. The van der Waals surface area contributed by atoms with Crippen molar-refractivity contribution < 1.29 is 14.6 Å². The van der Waals surface area contributed by atoms with E-state index < -0.39 is 12.1 Å². The second-order valence-electron chi connectivity index (χ2n) is 3.37. The molecule has 0 aliphatic heterocycles. The first-order chi connectivity index (χ1) is 7.67. The molecule has 0 aromatic carbocycles. The maximum Gasteiger partial charge on any atom is 0.344 e. The molecule has 2 N–H and O–H groups in total. The van der Waals surface area contributed by atoms with Crippen LogP contribution in [0.5, 0.6) is 5.75 Å². The molecule has 0 saturated heterocycles. The molecule has 0 saturated carbocycles. The van der Waals surface area contributed by atoms with E-state index in [9.17, 15) is 4.79 Å². The lowest BCUT2D eigenvalue weighted by atomic mass is 10.3. The lowest BCUT2D eigenvalue weighted by Gasteiger charge is -2.12. The van der Waals surface area contributed by atoms with E-state index in [1.807, 2.05) is 7.05 Å². The molecule has 5 nitrogen and oxygen atoms in total. The molecule has 0 amide bonds. The number of hydrogen-bond donors (Lipinski definition) is 2. The third kappa shape index (κ3) is 3.51. The average molecular weight is 224 g/mol. The molecular formula is C11H16N2O3. The highest BCUT2D eigenvalue weighted by Gasteiger charge is 2.16. The monoisotopic (exact) mass is 224 g/mol. The first kappa shape index (κ1) is 12.4. The van der Waals surface area contributed by atoms with Gasteiger partial charge in [0.15, 0.2) is 6.10 Å². The van der Waals surface area contributed by atoms with Crippen LogP contribution in [-0.4, -0.2) is 29.2 Å². The van der Waals surface area contributed by atoms with Gasteiger partial charge < -0.3 is 15.2 Å². The van der Waals surface area contributed by atoms with E-state index in [-0.39, 0.29) is 0 Å². The number of hydrogen-bond acceptors (Lipinski definition) is 4. The van der Waals surface area contributed by atoms with Crippen molar-refractivity contribution in [3.8, 4) is 5.75 Å². The van der Waals surface area contributed by atoms with Crippen LogP contribution in [0.15, 0.2) is 18.3 Å². The molecule has 0 spiro atoms. The van der Waals surface area contributed by atoms with Gasteiger partial charge >= 0.3 is 5.97 Å². The van der Waals surface area contributed by atoms with Crippen molar-refractivity contribution in [3.05, 3.63) is 24.0 Å². The van der Waals surface area contributed by atoms with Gasteiger partial charge in [0.05, 0.1) is 11.9 Å². The van der Waals surface area contributed by atoms with E-state index >= 15 is 0 Å². The second kappa shape index (κ2) is 6.07. The van der Waals surface area contributed by atoms with Gasteiger partial charge in [-0.1, -0.05) is 6.92 Å². The van der Waals surface area contributed by atoms with E-state index in [0.29, 0.717) is 18.7 Å². The van der Waals surface area contributed by atoms with Crippen LogP contribution >= 0.6 is 0 Å². The lowest BCUT2D eigenvalue weighted by molar-refractivity contribution is -0.145. The minimum absolute atomic E-state index is 0.424. The summed E-state index contributed by atoms with van der Waals surface area (Å²) in [6.45, 7) is 2.44. The minimum atomic E-state index is -0.957. The quantitative estimate of drug-likeness (QED) is 0.755. The molecule has 1 heterocycles. The summed E-state index contributed by atoms with van der Waals surface area (Å²) in [5.74, 6) is -0.476. The summed E-state index contributed by atoms with van der Waals surface area (Å²) >= 11 is 0. The smallest absolute Gasteiger partial charge is 0.344 e. The minimum Gasteiger partial charge on any atom is -0.479 e. The topological polar surface area (TPSA) is 71.5 Å². The van der Waals surface area contributed by atoms with Crippen molar-refractivity contribution in [3.63, 3.8) is 0 Å². The Hall–Kier alpha value is -1.62. The molecule has 88 valence electrons. The maximum atomic E-state index is 10.7. The summed E-state index contributed by atoms with van der Waals surface area (Å²) in [6, 6.07) is 3.53. The molecule has 1 aromatic rings. The van der Waals surface area contributed by atoms with E-state index in [1.54, 1.807) is 19.1 Å². The van der Waals surface area contributed by atoms with E-state index in [0.717, 1.165) is 5.69 Å². The SMILES string of the molecule is CCC(Oc1ccc(CNC)nc1)C(=O)O. The van der Waals surface area contributed by atoms with Crippen molar-refractivity contribution >= 4 is 5.97 Å². The van der Waals surface area contributed by atoms with E-state index in [1.165, 1.54) is 6.20 Å². The summed E-state index contributed by atoms with van der Waals surface area (Å²) in [5.41, 5.74) is 0.887. The Bertz CT molecular complexity index is 338. The summed E-state index contributed by atoms with van der Waals surface area (Å²) in [7, 11) is 1.84. The molecular weight excluding hydrogens is 208 g/mol.